The Hall–Kier alpha value is -4.99. The molecule has 1 aromatic heterocycles. The summed E-state index contributed by atoms with van der Waals surface area (Å²) >= 11 is 0. The van der Waals surface area contributed by atoms with Crippen LogP contribution in [-0.2, 0) is 22.4 Å². The highest BCUT2D eigenvalue weighted by molar-refractivity contribution is 5.88. The molecule has 10 nitrogen and oxygen atoms in total. The van der Waals surface area contributed by atoms with Crippen molar-refractivity contribution in [2.75, 3.05) is 26.6 Å². The minimum absolute atomic E-state index is 0.149. The molecule has 2 amide bonds. The standard InChI is InChI=1S/C39H46N4O6/c1-21(2)18-32(39(46)43-31-13-9-11-26-24-10-7-8-12-28(24)42-36(26)31)41-30-17-15-25-27(20-33(30)45)29(40-22(3)44)16-14-23-19-34(47-4)37(48-5)38(49-6)35(23)25/h7-8,10,12,15,17,19-21,29,31-32,42H,9,11,13-14,16,18H2,1-6H3,(H,40,44)(H,41,45)(H,43,46)/t29-,31?,32-/m1/s1. The molecule has 0 aliphatic heterocycles. The molecular weight excluding hydrogens is 620 g/mol. The quantitative estimate of drug-likeness (QED) is 0.155. The summed E-state index contributed by atoms with van der Waals surface area (Å²) in [6.07, 6.45) is 4.46. The Morgan fingerprint density at radius 1 is 0.918 bits per heavy atom. The zero-order valence-corrected chi connectivity index (χ0v) is 29.1. The Kier molecular flexibility index (Phi) is 9.85. The first kappa shape index (κ1) is 33.9. The van der Waals surface area contributed by atoms with E-state index in [2.05, 4.69) is 46.9 Å². The second-order valence-corrected chi connectivity index (χ2v) is 13.4. The first-order valence-corrected chi connectivity index (χ1v) is 17.1. The van der Waals surface area contributed by atoms with Gasteiger partial charge >= 0.3 is 0 Å². The third kappa shape index (κ3) is 6.69. The second kappa shape index (κ2) is 14.2. The Morgan fingerprint density at radius 3 is 2.41 bits per heavy atom. The van der Waals surface area contributed by atoms with Crippen LogP contribution in [0, 0.1) is 5.92 Å². The van der Waals surface area contributed by atoms with E-state index >= 15 is 0 Å². The van der Waals surface area contributed by atoms with Gasteiger partial charge in [-0.2, -0.15) is 0 Å². The van der Waals surface area contributed by atoms with Crippen LogP contribution in [0.3, 0.4) is 0 Å². The van der Waals surface area contributed by atoms with Gasteiger partial charge in [-0.15, -0.1) is 0 Å². The molecule has 0 saturated heterocycles. The molecular formula is C39H46N4O6. The molecule has 6 rings (SSSR count). The number of amides is 2. The average Bonchev–Trinajstić information content (AvgIpc) is 3.31. The molecule has 1 heterocycles. The van der Waals surface area contributed by atoms with Crippen molar-refractivity contribution in [3.63, 3.8) is 0 Å². The van der Waals surface area contributed by atoms with Gasteiger partial charge in [-0.3, -0.25) is 14.4 Å². The number of fused-ring (bicyclic) bond motifs is 6. The van der Waals surface area contributed by atoms with Gasteiger partial charge in [0.1, 0.15) is 6.04 Å². The maximum absolute atomic E-state index is 14.0. The highest BCUT2D eigenvalue weighted by Gasteiger charge is 2.31. The average molecular weight is 667 g/mol. The number of nitrogens with one attached hydrogen (secondary N) is 4. The summed E-state index contributed by atoms with van der Waals surface area (Å²) in [5.74, 6) is 1.29. The van der Waals surface area contributed by atoms with Crippen molar-refractivity contribution < 1.29 is 23.8 Å². The normalized spacial score (nSPS) is 17.2. The van der Waals surface area contributed by atoms with Gasteiger partial charge in [0.25, 0.3) is 0 Å². The van der Waals surface area contributed by atoms with Crippen LogP contribution in [0.25, 0.3) is 22.0 Å². The van der Waals surface area contributed by atoms with Gasteiger partial charge in [-0.25, -0.2) is 0 Å². The van der Waals surface area contributed by atoms with E-state index in [1.54, 1.807) is 33.5 Å². The van der Waals surface area contributed by atoms with Crippen LogP contribution < -0.4 is 35.6 Å². The van der Waals surface area contributed by atoms with Gasteiger partial charge in [0.2, 0.25) is 23.0 Å². The Morgan fingerprint density at radius 2 is 1.69 bits per heavy atom. The molecule has 0 fully saturated rings. The number of aromatic nitrogens is 1. The van der Waals surface area contributed by atoms with E-state index < -0.39 is 12.1 Å². The number of hydrogen-bond acceptors (Lipinski definition) is 7. The number of ether oxygens (including phenoxy) is 3. The molecule has 49 heavy (non-hydrogen) atoms. The summed E-state index contributed by atoms with van der Waals surface area (Å²) in [4.78, 5) is 44.0. The van der Waals surface area contributed by atoms with Crippen LogP contribution in [0.15, 0.2) is 53.3 Å². The van der Waals surface area contributed by atoms with E-state index in [0.29, 0.717) is 47.8 Å². The summed E-state index contributed by atoms with van der Waals surface area (Å²) in [7, 11) is 4.70. The number of H-pyrrole nitrogens is 1. The Balaban J connectivity index is 1.39. The fourth-order valence-corrected chi connectivity index (χ4v) is 7.55. The van der Waals surface area contributed by atoms with Gasteiger partial charge < -0.3 is 35.1 Å². The van der Waals surface area contributed by atoms with Crippen molar-refractivity contribution in [3.05, 3.63) is 81.1 Å². The molecule has 0 saturated carbocycles. The van der Waals surface area contributed by atoms with Crippen LogP contribution in [0.1, 0.15) is 80.9 Å². The third-order valence-electron chi connectivity index (χ3n) is 9.70. The molecule has 1 unspecified atom stereocenters. The van der Waals surface area contributed by atoms with Crippen molar-refractivity contribution in [1.82, 2.24) is 15.6 Å². The highest BCUT2D eigenvalue weighted by atomic mass is 16.5. The van der Waals surface area contributed by atoms with Gasteiger partial charge in [0, 0.05) is 29.1 Å². The number of anilines is 1. The smallest absolute Gasteiger partial charge is 0.243 e. The molecule has 3 aromatic carbocycles. The fourth-order valence-electron chi connectivity index (χ4n) is 7.55. The fraction of sp³-hybridized carbons (Fsp3) is 0.410. The Labute approximate surface area is 286 Å². The van der Waals surface area contributed by atoms with E-state index in [0.717, 1.165) is 47.2 Å². The van der Waals surface area contributed by atoms with Gasteiger partial charge in [-0.05, 0) is 91.0 Å². The number of aryl methyl sites for hydroxylation is 2. The largest absolute Gasteiger partial charge is 0.493 e. The van der Waals surface area contributed by atoms with Crippen molar-refractivity contribution in [2.24, 2.45) is 5.92 Å². The summed E-state index contributed by atoms with van der Waals surface area (Å²) < 4.78 is 17.3. The second-order valence-electron chi connectivity index (χ2n) is 13.4. The van der Waals surface area contributed by atoms with E-state index in [4.69, 9.17) is 14.2 Å². The van der Waals surface area contributed by atoms with E-state index in [9.17, 15) is 14.4 Å². The molecule has 0 radical (unpaired) electrons. The molecule has 3 atom stereocenters. The molecule has 2 aliphatic rings. The summed E-state index contributed by atoms with van der Waals surface area (Å²) in [5, 5.41) is 10.9. The molecule has 258 valence electrons. The van der Waals surface area contributed by atoms with Crippen LogP contribution >= 0.6 is 0 Å². The minimum Gasteiger partial charge on any atom is -0.493 e. The van der Waals surface area contributed by atoms with Crippen molar-refractivity contribution in [3.8, 4) is 28.4 Å². The highest BCUT2D eigenvalue weighted by Crippen LogP contribution is 2.50. The number of methoxy groups -OCH3 is 3. The third-order valence-corrected chi connectivity index (χ3v) is 9.70. The lowest BCUT2D eigenvalue weighted by Gasteiger charge is -2.27. The van der Waals surface area contributed by atoms with Crippen molar-refractivity contribution in [1.29, 1.82) is 0 Å². The number of hydrogen-bond donors (Lipinski definition) is 4. The van der Waals surface area contributed by atoms with Crippen LogP contribution in [0.4, 0.5) is 5.69 Å². The first-order chi connectivity index (χ1) is 23.6. The first-order valence-electron chi connectivity index (χ1n) is 17.1. The lowest BCUT2D eigenvalue weighted by atomic mass is 9.91. The zero-order valence-electron chi connectivity index (χ0n) is 29.1. The number of para-hydroxylation sites is 1. The van der Waals surface area contributed by atoms with Gasteiger partial charge in [-0.1, -0.05) is 38.1 Å². The molecule has 0 spiro atoms. The monoisotopic (exact) mass is 666 g/mol. The van der Waals surface area contributed by atoms with Crippen LogP contribution in [0.2, 0.25) is 0 Å². The zero-order chi connectivity index (χ0) is 34.8. The van der Waals surface area contributed by atoms with Crippen LogP contribution in [0.5, 0.6) is 17.2 Å². The predicted octanol–water partition coefficient (Wildman–Crippen LogP) is 6.36. The topological polar surface area (TPSA) is 131 Å². The number of aromatic amines is 1. The minimum atomic E-state index is -0.651. The number of carbonyl (C=O) groups excluding carboxylic acids is 2. The van der Waals surface area contributed by atoms with E-state index in [1.807, 2.05) is 24.3 Å². The maximum atomic E-state index is 14.0. The van der Waals surface area contributed by atoms with E-state index in [1.165, 1.54) is 17.9 Å². The van der Waals surface area contributed by atoms with Crippen molar-refractivity contribution >= 4 is 28.4 Å². The SMILES string of the molecule is COc1cc2c(c(OC)c1OC)-c1ccc(N[C@H](CC(C)C)C(=O)NC3CCCc4c3[nH]c3ccccc43)c(=O)cc1[C@H](NC(C)=O)CC2. The number of carbonyl (C=O) groups is 2. The van der Waals surface area contributed by atoms with Crippen LogP contribution in [-0.4, -0.2) is 44.2 Å². The molecule has 2 aliphatic carbocycles. The van der Waals surface area contributed by atoms with Crippen molar-refractivity contribution in [2.45, 2.75) is 77.4 Å². The predicted molar refractivity (Wildman–Crippen MR) is 192 cm³/mol. The molecule has 0 bridgehead atoms. The maximum Gasteiger partial charge on any atom is 0.243 e. The summed E-state index contributed by atoms with van der Waals surface area (Å²) in [5.41, 5.74) is 6.52. The number of benzene rings is 2. The van der Waals surface area contributed by atoms with Gasteiger partial charge in [0.15, 0.2) is 11.5 Å². The van der Waals surface area contributed by atoms with Gasteiger partial charge in [0.05, 0.1) is 39.1 Å². The summed E-state index contributed by atoms with van der Waals surface area (Å²) in [6, 6.07) is 14.1. The molecule has 4 aromatic rings. The Bertz CT molecular complexity index is 1950. The number of rotatable bonds is 10. The summed E-state index contributed by atoms with van der Waals surface area (Å²) in [6.45, 7) is 5.59. The molecule has 10 heteroatoms. The lowest BCUT2D eigenvalue weighted by molar-refractivity contribution is -0.123. The lowest BCUT2D eigenvalue weighted by Crippen LogP contribution is -2.43. The molecule has 4 N–H and O–H groups in total. The van der Waals surface area contributed by atoms with E-state index in [-0.39, 0.29) is 29.2 Å².